The molecule has 0 aromatic heterocycles. The Morgan fingerprint density at radius 1 is 1.14 bits per heavy atom. The summed E-state index contributed by atoms with van der Waals surface area (Å²) in [6.07, 6.45) is -0.258. The summed E-state index contributed by atoms with van der Waals surface area (Å²) in [5.74, 6) is -3.27. The van der Waals surface area contributed by atoms with Crippen molar-refractivity contribution in [2.24, 2.45) is 0 Å². The summed E-state index contributed by atoms with van der Waals surface area (Å²) in [6.45, 7) is 3.09. The van der Waals surface area contributed by atoms with Crippen LogP contribution in [0.4, 0.5) is 8.78 Å². The average Bonchev–Trinajstić information content (AvgIpc) is 3.18. The van der Waals surface area contributed by atoms with Gasteiger partial charge in [-0.05, 0) is 24.1 Å². The van der Waals surface area contributed by atoms with Gasteiger partial charge in [0, 0.05) is 43.2 Å². The maximum atomic E-state index is 14.8. The number of amides is 3. The first-order chi connectivity index (χ1) is 17.2. The second kappa shape index (κ2) is 9.71. The number of hydrogen-bond donors (Lipinski definition) is 1. The second-order valence-corrected chi connectivity index (χ2v) is 8.75. The van der Waals surface area contributed by atoms with Crippen molar-refractivity contribution in [3.63, 3.8) is 0 Å². The largest absolute Gasteiger partial charge is 0.488 e. The molecule has 2 saturated heterocycles. The highest BCUT2D eigenvalue weighted by atomic mass is 19.1. The van der Waals surface area contributed by atoms with Crippen LogP contribution in [-0.2, 0) is 34.0 Å². The third-order valence-corrected chi connectivity index (χ3v) is 6.41. The lowest BCUT2D eigenvalue weighted by Crippen LogP contribution is -2.52. The highest BCUT2D eigenvalue weighted by molar-refractivity contribution is 6.05. The van der Waals surface area contributed by atoms with Gasteiger partial charge in [0.2, 0.25) is 11.8 Å². The molecule has 184 valence electrons. The first kappa shape index (κ1) is 22.1. The normalized spacial score (nSPS) is 23.2. The third kappa shape index (κ3) is 4.89. The Kier molecular flexibility index (Phi) is 6.13. The maximum Gasteiger partial charge on any atom is 0.255 e. The fraction of sp³-hybridized carbons (Fsp3) is 0.400. The first-order valence-corrected chi connectivity index (χ1v) is 11.4. The number of imide groups is 1. The number of carbonyl (C=O) groups excluding carboxylic acids is 3. The number of ether oxygens (including phenoxy) is 2. The maximum absolute atomic E-state index is 14.8. The van der Waals surface area contributed by atoms with Crippen molar-refractivity contribution in [1.82, 2.24) is 15.1 Å². The minimum absolute atomic E-state index is 0.0253. The summed E-state index contributed by atoms with van der Waals surface area (Å²) in [7, 11) is 0. The second-order valence-electron chi connectivity index (χ2n) is 8.75. The number of nitrogens with zero attached hydrogens (tertiary/aromatic N) is 2. The minimum atomic E-state index is -2.00. The number of benzene rings is 2. The molecule has 2 aromatic carbocycles. The molecular formula is C25H25F2N3O5. The van der Waals surface area contributed by atoms with Gasteiger partial charge in [0.1, 0.15) is 30.0 Å². The molecule has 0 radical (unpaired) electrons. The van der Waals surface area contributed by atoms with E-state index >= 15 is 0 Å². The molecule has 3 aliphatic rings. The molecule has 0 spiro atoms. The van der Waals surface area contributed by atoms with Crippen LogP contribution in [0.1, 0.15) is 41.3 Å². The Morgan fingerprint density at radius 2 is 1.94 bits per heavy atom. The summed E-state index contributed by atoms with van der Waals surface area (Å²) in [4.78, 5) is 40.1. The van der Waals surface area contributed by atoms with Gasteiger partial charge in [-0.25, -0.2) is 8.78 Å². The molecule has 0 bridgehead atoms. The van der Waals surface area contributed by atoms with E-state index in [4.69, 9.17) is 10.8 Å². The Morgan fingerprint density at radius 3 is 2.69 bits per heavy atom. The summed E-state index contributed by atoms with van der Waals surface area (Å²) in [5, 5.41) is 2.09. The van der Waals surface area contributed by atoms with Crippen molar-refractivity contribution in [1.29, 1.82) is 0 Å². The molecular weight excluding hydrogens is 460 g/mol. The van der Waals surface area contributed by atoms with Crippen LogP contribution in [0, 0.1) is 11.6 Å². The first-order valence-electron chi connectivity index (χ1n) is 11.9. The van der Waals surface area contributed by atoms with Crippen molar-refractivity contribution in [2.45, 2.75) is 38.6 Å². The molecule has 5 rings (SSSR count). The predicted octanol–water partition coefficient (Wildman–Crippen LogP) is 2.14. The Balaban J connectivity index is 1.32. The van der Waals surface area contributed by atoms with Gasteiger partial charge in [-0.2, -0.15) is 0 Å². The fourth-order valence-corrected chi connectivity index (χ4v) is 4.53. The van der Waals surface area contributed by atoms with Crippen molar-refractivity contribution >= 4 is 17.7 Å². The van der Waals surface area contributed by atoms with E-state index in [1.54, 1.807) is 6.07 Å². The number of halogens is 2. The van der Waals surface area contributed by atoms with Crippen LogP contribution in [0.5, 0.6) is 5.75 Å². The van der Waals surface area contributed by atoms with E-state index in [1.807, 2.05) is 6.07 Å². The molecule has 2 aromatic rings. The molecule has 35 heavy (non-hydrogen) atoms. The Bertz CT molecular complexity index is 1240. The van der Waals surface area contributed by atoms with Crippen LogP contribution in [0.15, 0.2) is 30.3 Å². The van der Waals surface area contributed by atoms with E-state index < -0.39 is 35.4 Å². The molecule has 0 unspecified atom stereocenters. The van der Waals surface area contributed by atoms with E-state index in [2.05, 4.69) is 10.2 Å². The molecule has 8 nitrogen and oxygen atoms in total. The summed E-state index contributed by atoms with van der Waals surface area (Å²) in [6, 6.07) is 5.00. The molecule has 3 aliphatic heterocycles. The lowest BCUT2D eigenvalue weighted by atomic mass is 10.0. The van der Waals surface area contributed by atoms with Gasteiger partial charge < -0.3 is 14.4 Å². The molecule has 3 amide bonds. The number of morpholine rings is 1. The van der Waals surface area contributed by atoms with E-state index in [0.717, 1.165) is 35.7 Å². The quantitative estimate of drug-likeness (QED) is 0.630. The standard InChI is InChI=1S/C25H25F2N3O5/c26-17-10-18-19(13-30(25(18)33)21-3-4-23(31)28-24(21)32)22(11-17)35-14-16-2-1-15(9-20(16)27)12-29-5-7-34-8-6-29/h1-2,9-11,21H,3-8,12-14H2,(H,28,31,32)/t21-/m0/s1/i21D. The van der Waals surface area contributed by atoms with E-state index in [9.17, 15) is 23.2 Å². The fourth-order valence-electron chi connectivity index (χ4n) is 4.53. The zero-order valence-corrected chi connectivity index (χ0v) is 18.9. The smallest absolute Gasteiger partial charge is 0.255 e. The van der Waals surface area contributed by atoms with Crippen LogP contribution in [0.2, 0.25) is 0 Å². The van der Waals surface area contributed by atoms with E-state index in [1.165, 1.54) is 6.07 Å². The summed E-state index contributed by atoms with van der Waals surface area (Å²) < 4.78 is 48.8. The Labute approximate surface area is 202 Å². The monoisotopic (exact) mass is 486 g/mol. The van der Waals surface area contributed by atoms with Gasteiger partial charge in [-0.3, -0.25) is 24.6 Å². The van der Waals surface area contributed by atoms with Crippen LogP contribution < -0.4 is 10.1 Å². The van der Waals surface area contributed by atoms with Gasteiger partial charge in [0.25, 0.3) is 5.91 Å². The van der Waals surface area contributed by atoms with Crippen LogP contribution in [-0.4, -0.2) is 59.8 Å². The SMILES string of the molecule is [2H][C@]1(N2Cc3c(OCc4ccc(CN5CCOCC5)cc4F)cc(F)cc3C2=O)CCC(=O)NC1=O. The lowest BCUT2D eigenvalue weighted by Gasteiger charge is -2.29. The number of carbonyl (C=O) groups is 3. The molecule has 1 atom stereocenters. The number of piperidine rings is 1. The van der Waals surface area contributed by atoms with Gasteiger partial charge in [-0.15, -0.1) is 0 Å². The number of nitrogens with one attached hydrogen (secondary N) is 1. The summed E-state index contributed by atoms with van der Waals surface area (Å²) in [5.41, 5.74) is 1.36. The number of rotatable bonds is 6. The molecule has 3 heterocycles. The average molecular weight is 486 g/mol. The minimum Gasteiger partial charge on any atom is -0.488 e. The number of fused-ring (bicyclic) bond motifs is 1. The highest BCUT2D eigenvalue weighted by Crippen LogP contribution is 2.35. The molecule has 1 N–H and O–H groups in total. The van der Waals surface area contributed by atoms with Crippen molar-refractivity contribution < 1.29 is 34.0 Å². The third-order valence-electron chi connectivity index (χ3n) is 6.41. The van der Waals surface area contributed by atoms with Crippen molar-refractivity contribution in [3.05, 3.63) is 64.2 Å². The van der Waals surface area contributed by atoms with E-state index in [-0.39, 0.29) is 42.9 Å². The lowest BCUT2D eigenvalue weighted by molar-refractivity contribution is -0.136. The zero-order chi connectivity index (χ0) is 25.4. The topological polar surface area (TPSA) is 88.2 Å². The van der Waals surface area contributed by atoms with Crippen LogP contribution >= 0.6 is 0 Å². The van der Waals surface area contributed by atoms with Crippen molar-refractivity contribution in [3.8, 4) is 5.75 Å². The highest BCUT2D eigenvalue weighted by Gasteiger charge is 2.40. The van der Waals surface area contributed by atoms with Crippen LogP contribution in [0.25, 0.3) is 0 Å². The van der Waals surface area contributed by atoms with Gasteiger partial charge >= 0.3 is 0 Å². The van der Waals surface area contributed by atoms with Crippen LogP contribution in [0.3, 0.4) is 0 Å². The molecule has 0 aliphatic carbocycles. The van der Waals surface area contributed by atoms with E-state index in [0.29, 0.717) is 25.3 Å². The van der Waals surface area contributed by atoms with Crippen molar-refractivity contribution in [2.75, 3.05) is 26.3 Å². The summed E-state index contributed by atoms with van der Waals surface area (Å²) >= 11 is 0. The van der Waals surface area contributed by atoms with Gasteiger partial charge in [-0.1, -0.05) is 12.1 Å². The molecule has 10 heteroatoms. The Hall–Kier alpha value is -3.37. The van der Waals surface area contributed by atoms with Gasteiger partial charge in [0.15, 0.2) is 0 Å². The number of hydrogen-bond acceptors (Lipinski definition) is 6. The molecule has 0 saturated carbocycles. The molecule has 2 fully saturated rings. The zero-order valence-electron chi connectivity index (χ0n) is 19.9. The van der Waals surface area contributed by atoms with Gasteiger partial charge in [0.05, 0.1) is 26.7 Å². The predicted molar refractivity (Wildman–Crippen MR) is 119 cm³/mol.